The zero-order chi connectivity index (χ0) is 19.4. The molecule has 0 aliphatic rings. The van der Waals surface area contributed by atoms with Gasteiger partial charge < -0.3 is 0 Å². The smallest absolute Gasteiger partial charge is 0.236 e. The highest BCUT2D eigenvalue weighted by molar-refractivity contribution is 4.86. The molecule has 0 aliphatic heterocycles. The summed E-state index contributed by atoms with van der Waals surface area (Å²) in [6, 6.07) is 0. The molecule has 0 amide bonds. The van der Waals surface area contributed by atoms with E-state index in [0.29, 0.717) is 11.8 Å². The van der Waals surface area contributed by atoms with Gasteiger partial charge in [0.05, 0.1) is 0 Å². The van der Waals surface area contributed by atoms with Gasteiger partial charge in [0.15, 0.2) is 0 Å². The summed E-state index contributed by atoms with van der Waals surface area (Å²) in [5.41, 5.74) is -1.09. The van der Waals surface area contributed by atoms with E-state index in [4.69, 9.17) is 9.78 Å². The molecule has 146 valence electrons. The van der Waals surface area contributed by atoms with Gasteiger partial charge in [-0.3, -0.25) is 0 Å². The summed E-state index contributed by atoms with van der Waals surface area (Å²) >= 11 is 0. The lowest BCUT2D eigenvalue weighted by atomic mass is 9.77. The second kappa shape index (κ2) is 8.43. The molecule has 0 heterocycles. The SMILES string of the molecule is CC(C)CC(C)(C)C(C)(OO)OOC(C)(OO)C(C)(C)CC(C)C. The molecule has 0 bridgehead atoms. The second-order valence-corrected chi connectivity index (χ2v) is 9.20. The maximum absolute atomic E-state index is 9.44. The van der Waals surface area contributed by atoms with Crippen LogP contribution in [0.25, 0.3) is 0 Å². The number of rotatable bonds is 11. The summed E-state index contributed by atoms with van der Waals surface area (Å²) in [5.74, 6) is -2.11. The van der Waals surface area contributed by atoms with E-state index in [1.54, 1.807) is 13.8 Å². The van der Waals surface area contributed by atoms with Crippen molar-refractivity contribution >= 4 is 0 Å². The van der Waals surface area contributed by atoms with Gasteiger partial charge >= 0.3 is 0 Å². The molecule has 2 N–H and O–H groups in total. The highest BCUT2D eigenvalue weighted by Gasteiger charge is 2.51. The summed E-state index contributed by atoms with van der Waals surface area (Å²) < 4.78 is 0. The topological polar surface area (TPSA) is 77.4 Å². The first-order valence-corrected chi connectivity index (χ1v) is 8.68. The molecule has 0 aromatic rings. The lowest BCUT2D eigenvalue weighted by Gasteiger charge is -2.45. The van der Waals surface area contributed by atoms with Crippen molar-refractivity contribution in [2.45, 2.75) is 93.7 Å². The molecule has 0 spiro atoms. The zero-order valence-corrected chi connectivity index (χ0v) is 17.1. The fraction of sp³-hybridized carbons (Fsp3) is 1.00. The van der Waals surface area contributed by atoms with Gasteiger partial charge in [0, 0.05) is 10.8 Å². The van der Waals surface area contributed by atoms with E-state index in [-0.39, 0.29) is 0 Å². The minimum absolute atomic E-state index is 0.371. The van der Waals surface area contributed by atoms with Gasteiger partial charge in [0.1, 0.15) is 0 Å². The fourth-order valence-corrected chi connectivity index (χ4v) is 3.07. The van der Waals surface area contributed by atoms with Crippen LogP contribution in [0.2, 0.25) is 0 Å². The largest absolute Gasteiger partial charge is 0.249 e. The highest BCUT2D eigenvalue weighted by atomic mass is 17.3. The van der Waals surface area contributed by atoms with E-state index in [2.05, 4.69) is 37.5 Å². The van der Waals surface area contributed by atoms with Crippen molar-refractivity contribution in [3.63, 3.8) is 0 Å². The van der Waals surface area contributed by atoms with E-state index >= 15 is 0 Å². The molecule has 0 saturated carbocycles. The molecular weight excluding hydrogens is 312 g/mol. The van der Waals surface area contributed by atoms with Crippen molar-refractivity contribution in [3.05, 3.63) is 0 Å². The van der Waals surface area contributed by atoms with Gasteiger partial charge in [-0.25, -0.2) is 20.3 Å². The van der Waals surface area contributed by atoms with E-state index in [1.165, 1.54) is 0 Å². The van der Waals surface area contributed by atoms with Gasteiger partial charge in [-0.05, 0) is 38.5 Å². The van der Waals surface area contributed by atoms with Crippen molar-refractivity contribution in [2.24, 2.45) is 22.7 Å². The molecule has 0 radical (unpaired) electrons. The Morgan fingerprint density at radius 3 is 1.04 bits per heavy atom. The molecule has 0 saturated heterocycles. The van der Waals surface area contributed by atoms with Crippen LogP contribution < -0.4 is 0 Å². The minimum Gasteiger partial charge on any atom is -0.249 e. The maximum atomic E-state index is 9.44. The van der Waals surface area contributed by atoms with Crippen LogP contribution in [0.1, 0.15) is 82.1 Å². The Labute approximate surface area is 147 Å². The standard InChI is InChI=1S/C18H38O6/c1-13(2)11-15(5,6)17(9,21-19)23-24-18(10,22-20)16(7,8)12-14(3)4/h13-14,19-20H,11-12H2,1-10H3. The Hall–Kier alpha value is -0.240. The van der Waals surface area contributed by atoms with Crippen molar-refractivity contribution < 1.29 is 30.1 Å². The summed E-state index contributed by atoms with van der Waals surface area (Å²) in [5, 5.41) is 18.9. The summed E-state index contributed by atoms with van der Waals surface area (Å²) in [4.78, 5) is 20.3. The van der Waals surface area contributed by atoms with Crippen LogP contribution in [0.5, 0.6) is 0 Å². The number of hydrogen-bond donors (Lipinski definition) is 2. The molecule has 2 unspecified atom stereocenters. The first-order chi connectivity index (χ1) is 10.7. The second-order valence-electron chi connectivity index (χ2n) is 9.20. The molecule has 0 aliphatic carbocycles. The van der Waals surface area contributed by atoms with Gasteiger partial charge in [-0.1, -0.05) is 55.4 Å². The van der Waals surface area contributed by atoms with Gasteiger partial charge in [-0.2, -0.15) is 9.78 Å². The van der Waals surface area contributed by atoms with Crippen LogP contribution in [-0.2, 0) is 19.6 Å². The Morgan fingerprint density at radius 2 is 0.875 bits per heavy atom. The molecule has 6 heteroatoms. The Kier molecular flexibility index (Phi) is 8.34. The van der Waals surface area contributed by atoms with Crippen molar-refractivity contribution in [1.82, 2.24) is 0 Å². The van der Waals surface area contributed by atoms with Gasteiger partial charge in [0.25, 0.3) is 0 Å². The van der Waals surface area contributed by atoms with Crippen molar-refractivity contribution in [3.8, 4) is 0 Å². The first kappa shape index (κ1) is 23.8. The van der Waals surface area contributed by atoms with Crippen molar-refractivity contribution in [1.29, 1.82) is 0 Å². The number of hydrogen-bond acceptors (Lipinski definition) is 6. The van der Waals surface area contributed by atoms with E-state index < -0.39 is 22.4 Å². The molecule has 0 rings (SSSR count). The molecule has 24 heavy (non-hydrogen) atoms. The minimum atomic E-state index is -1.43. The van der Waals surface area contributed by atoms with Gasteiger partial charge in [-0.15, -0.1) is 0 Å². The predicted molar refractivity (Wildman–Crippen MR) is 92.9 cm³/mol. The Bertz CT molecular complexity index is 344. The average Bonchev–Trinajstić information content (AvgIpc) is 2.41. The average molecular weight is 350 g/mol. The van der Waals surface area contributed by atoms with Crippen LogP contribution >= 0.6 is 0 Å². The first-order valence-electron chi connectivity index (χ1n) is 8.68. The highest BCUT2D eigenvalue weighted by Crippen LogP contribution is 2.44. The predicted octanol–water partition coefficient (Wildman–Crippen LogP) is 5.49. The van der Waals surface area contributed by atoms with Gasteiger partial charge in [0.2, 0.25) is 11.6 Å². The molecule has 2 atom stereocenters. The maximum Gasteiger partial charge on any atom is 0.236 e. The molecular formula is C18H38O6. The summed E-state index contributed by atoms with van der Waals surface area (Å²) in [6.45, 7) is 19.2. The third kappa shape index (κ3) is 5.64. The Morgan fingerprint density at radius 1 is 0.625 bits per heavy atom. The van der Waals surface area contributed by atoms with Crippen LogP contribution in [-0.4, -0.2) is 22.1 Å². The zero-order valence-electron chi connectivity index (χ0n) is 17.1. The van der Waals surface area contributed by atoms with Crippen LogP contribution in [0, 0.1) is 22.7 Å². The third-order valence-electron chi connectivity index (χ3n) is 5.00. The fourth-order valence-electron chi connectivity index (χ4n) is 3.07. The van der Waals surface area contributed by atoms with Crippen LogP contribution in [0.3, 0.4) is 0 Å². The van der Waals surface area contributed by atoms with E-state index in [0.717, 1.165) is 12.8 Å². The summed E-state index contributed by atoms with van der Waals surface area (Å²) in [6.07, 6.45) is 1.47. The normalized spacial score (nSPS) is 18.8. The van der Waals surface area contributed by atoms with E-state index in [1.807, 2.05) is 27.7 Å². The quantitative estimate of drug-likeness (QED) is 0.291. The monoisotopic (exact) mass is 350 g/mol. The molecule has 0 fully saturated rings. The molecule has 0 aromatic heterocycles. The van der Waals surface area contributed by atoms with Crippen LogP contribution in [0.4, 0.5) is 0 Å². The Balaban J connectivity index is 5.33. The summed E-state index contributed by atoms with van der Waals surface area (Å²) in [7, 11) is 0. The third-order valence-corrected chi connectivity index (χ3v) is 5.00. The molecule has 6 nitrogen and oxygen atoms in total. The van der Waals surface area contributed by atoms with E-state index in [9.17, 15) is 10.5 Å². The lowest BCUT2D eigenvalue weighted by molar-refractivity contribution is -0.592. The van der Waals surface area contributed by atoms with Crippen molar-refractivity contribution in [2.75, 3.05) is 0 Å². The van der Waals surface area contributed by atoms with Crippen LogP contribution in [0.15, 0.2) is 0 Å². The molecule has 0 aromatic carbocycles. The lowest BCUT2D eigenvalue weighted by Crippen LogP contribution is -2.53.